The van der Waals surface area contributed by atoms with Crippen molar-refractivity contribution >= 4 is 26.0 Å². The highest BCUT2D eigenvalue weighted by molar-refractivity contribution is 9.10. The third-order valence-electron chi connectivity index (χ3n) is 3.65. The monoisotopic (exact) mass is 376 g/mol. The van der Waals surface area contributed by atoms with Crippen molar-refractivity contribution in [1.82, 2.24) is 10.0 Å². The molecule has 0 saturated carbocycles. The largest absolute Gasteiger partial charge is 0.316 e. The van der Waals surface area contributed by atoms with Crippen LogP contribution in [-0.4, -0.2) is 22.0 Å². The van der Waals surface area contributed by atoms with Gasteiger partial charge in [-0.2, -0.15) is 0 Å². The van der Waals surface area contributed by atoms with Gasteiger partial charge < -0.3 is 5.32 Å². The Morgan fingerprint density at radius 2 is 1.90 bits per heavy atom. The maximum Gasteiger partial charge on any atom is 0.241 e. The number of hydrogen-bond donors (Lipinski definition) is 2. The van der Waals surface area contributed by atoms with Crippen LogP contribution in [0.4, 0.5) is 0 Å². The lowest BCUT2D eigenvalue weighted by Gasteiger charge is -2.23. The van der Waals surface area contributed by atoms with E-state index < -0.39 is 10.0 Å². The minimum Gasteiger partial charge on any atom is -0.316 e. The lowest BCUT2D eigenvalue weighted by atomic mass is 9.91. The molecule has 0 radical (unpaired) electrons. The van der Waals surface area contributed by atoms with E-state index in [1.54, 1.807) is 6.07 Å². The Hall–Kier alpha value is -0.430. The second-order valence-corrected chi connectivity index (χ2v) is 8.63. The van der Waals surface area contributed by atoms with Crippen LogP contribution in [0.5, 0.6) is 0 Å². The number of nitrogens with one attached hydrogen (secondary N) is 2. The van der Waals surface area contributed by atoms with Gasteiger partial charge in [0.15, 0.2) is 0 Å². The van der Waals surface area contributed by atoms with E-state index in [0.717, 1.165) is 17.5 Å². The summed E-state index contributed by atoms with van der Waals surface area (Å²) in [7, 11) is -1.68. The van der Waals surface area contributed by atoms with E-state index in [9.17, 15) is 8.42 Å². The second-order valence-electron chi connectivity index (χ2n) is 6.10. The van der Waals surface area contributed by atoms with Gasteiger partial charge in [-0.05, 0) is 58.9 Å². The van der Waals surface area contributed by atoms with E-state index in [4.69, 9.17) is 0 Å². The van der Waals surface area contributed by atoms with Gasteiger partial charge in [-0.25, -0.2) is 13.1 Å². The van der Waals surface area contributed by atoms with Crippen molar-refractivity contribution in [3.63, 3.8) is 0 Å². The highest BCUT2D eigenvalue weighted by Gasteiger charge is 2.23. The average Bonchev–Trinajstić information content (AvgIpc) is 2.41. The zero-order valence-electron chi connectivity index (χ0n) is 13.4. The number of hydrogen-bond acceptors (Lipinski definition) is 3. The third kappa shape index (κ3) is 5.06. The SMILES string of the molecule is CCC(C)(C)CNS(=O)(=O)c1cc(CNC)cc(C)c1Br. The van der Waals surface area contributed by atoms with Gasteiger partial charge in [0.1, 0.15) is 0 Å². The molecule has 0 saturated heterocycles. The molecule has 0 bridgehead atoms. The van der Waals surface area contributed by atoms with Gasteiger partial charge >= 0.3 is 0 Å². The summed E-state index contributed by atoms with van der Waals surface area (Å²) in [4.78, 5) is 0.305. The lowest BCUT2D eigenvalue weighted by molar-refractivity contribution is 0.350. The van der Waals surface area contributed by atoms with E-state index in [0.29, 0.717) is 22.5 Å². The molecule has 120 valence electrons. The zero-order chi connectivity index (χ0) is 16.3. The number of sulfonamides is 1. The molecule has 0 fully saturated rings. The smallest absolute Gasteiger partial charge is 0.241 e. The summed E-state index contributed by atoms with van der Waals surface area (Å²) in [5.41, 5.74) is 1.81. The first-order valence-electron chi connectivity index (χ1n) is 7.06. The summed E-state index contributed by atoms with van der Waals surface area (Å²) >= 11 is 3.40. The van der Waals surface area contributed by atoms with Crippen molar-refractivity contribution in [2.45, 2.75) is 45.6 Å². The van der Waals surface area contributed by atoms with Gasteiger partial charge in [-0.15, -0.1) is 0 Å². The van der Waals surface area contributed by atoms with Crippen molar-refractivity contribution < 1.29 is 8.42 Å². The minimum atomic E-state index is -3.52. The first-order chi connectivity index (χ1) is 9.63. The number of rotatable bonds is 7. The molecule has 0 amide bonds. The summed E-state index contributed by atoms with van der Waals surface area (Å²) in [5.74, 6) is 0. The Balaban J connectivity index is 3.13. The fourth-order valence-electron chi connectivity index (χ4n) is 1.80. The molecule has 1 aromatic rings. The molecule has 21 heavy (non-hydrogen) atoms. The molecular weight excluding hydrogens is 352 g/mol. The lowest BCUT2D eigenvalue weighted by Crippen LogP contribution is -2.34. The second kappa shape index (κ2) is 7.22. The molecule has 0 aliphatic carbocycles. The van der Waals surface area contributed by atoms with Crippen molar-refractivity contribution in [3.05, 3.63) is 27.7 Å². The van der Waals surface area contributed by atoms with Crippen molar-refractivity contribution in [3.8, 4) is 0 Å². The van der Waals surface area contributed by atoms with Crippen LogP contribution in [0.1, 0.15) is 38.3 Å². The number of benzene rings is 1. The summed E-state index contributed by atoms with van der Waals surface area (Å²) in [6, 6.07) is 3.70. The predicted octanol–water partition coefficient (Wildman–Crippen LogP) is 3.19. The highest BCUT2D eigenvalue weighted by atomic mass is 79.9. The minimum absolute atomic E-state index is 0.0584. The number of aryl methyl sites for hydroxylation is 1. The van der Waals surface area contributed by atoms with E-state index in [1.165, 1.54) is 0 Å². The molecule has 0 aromatic heterocycles. The average molecular weight is 377 g/mol. The molecule has 1 aromatic carbocycles. The summed E-state index contributed by atoms with van der Waals surface area (Å²) < 4.78 is 28.5. The Kier molecular flexibility index (Phi) is 6.40. The molecule has 4 nitrogen and oxygen atoms in total. The normalized spacial score (nSPS) is 12.7. The van der Waals surface area contributed by atoms with Crippen LogP contribution in [0, 0.1) is 12.3 Å². The molecule has 0 unspecified atom stereocenters. The standard InChI is InChI=1S/C15H25BrN2O2S/c1-6-15(3,4)10-18-21(19,20)13-8-12(9-17-5)7-11(2)14(13)16/h7-8,17-18H,6,9-10H2,1-5H3. The van der Waals surface area contributed by atoms with E-state index in [2.05, 4.69) is 32.9 Å². The van der Waals surface area contributed by atoms with Gasteiger partial charge in [0, 0.05) is 17.6 Å². The van der Waals surface area contributed by atoms with Crippen LogP contribution in [-0.2, 0) is 16.6 Å². The first-order valence-corrected chi connectivity index (χ1v) is 9.34. The molecule has 0 aliphatic heterocycles. The predicted molar refractivity (Wildman–Crippen MR) is 90.9 cm³/mol. The van der Waals surface area contributed by atoms with Gasteiger partial charge in [-0.3, -0.25) is 0 Å². The molecule has 1 rings (SSSR count). The maximum absolute atomic E-state index is 12.6. The van der Waals surface area contributed by atoms with Crippen LogP contribution in [0.3, 0.4) is 0 Å². The van der Waals surface area contributed by atoms with Crippen LogP contribution >= 0.6 is 15.9 Å². The molecular formula is C15H25BrN2O2S. The molecule has 6 heteroatoms. The third-order valence-corrected chi connectivity index (χ3v) is 6.39. The van der Waals surface area contributed by atoms with E-state index in [1.807, 2.05) is 33.9 Å². The Labute approximate surface area is 136 Å². The topological polar surface area (TPSA) is 58.2 Å². The van der Waals surface area contributed by atoms with Crippen LogP contribution in [0.15, 0.2) is 21.5 Å². The number of halogens is 1. The Morgan fingerprint density at radius 3 is 2.43 bits per heavy atom. The van der Waals surface area contributed by atoms with Crippen molar-refractivity contribution in [2.24, 2.45) is 5.41 Å². The Bertz CT molecular complexity index is 598. The zero-order valence-corrected chi connectivity index (χ0v) is 15.8. The maximum atomic E-state index is 12.6. The molecule has 0 spiro atoms. The summed E-state index contributed by atoms with van der Waals surface area (Å²) in [6.45, 7) is 9.12. The first kappa shape index (κ1) is 18.6. The Morgan fingerprint density at radius 1 is 1.29 bits per heavy atom. The fraction of sp³-hybridized carbons (Fsp3) is 0.600. The molecule has 0 atom stereocenters. The van der Waals surface area contributed by atoms with Crippen molar-refractivity contribution in [2.75, 3.05) is 13.6 Å². The van der Waals surface area contributed by atoms with Crippen LogP contribution in [0.25, 0.3) is 0 Å². The molecule has 0 heterocycles. The van der Waals surface area contributed by atoms with Gasteiger partial charge in [0.05, 0.1) is 4.90 Å². The van der Waals surface area contributed by atoms with Gasteiger partial charge in [0.25, 0.3) is 0 Å². The molecule has 2 N–H and O–H groups in total. The quantitative estimate of drug-likeness (QED) is 0.767. The van der Waals surface area contributed by atoms with Crippen LogP contribution < -0.4 is 10.0 Å². The molecule has 0 aliphatic rings. The fourth-order valence-corrected chi connectivity index (χ4v) is 4.11. The van der Waals surface area contributed by atoms with Crippen LogP contribution in [0.2, 0.25) is 0 Å². The highest BCUT2D eigenvalue weighted by Crippen LogP contribution is 2.28. The van der Waals surface area contributed by atoms with Crippen molar-refractivity contribution in [1.29, 1.82) is 0 Å². The summed E-state index contributed by atoms with van der Waals surface area (Å²) in [5, 5.41) is 3.04. The summed E-state index contributed by atoms with van der Waals surface area (Å²) in [6.07, 6.45) is 0.912. The van der Waals surface area contributed by atoms with Gasteiger partial charge in [-0.1, -0.05) is 26.8 Å². The van der Waals surface area contributed by atoms with E-state index in [-0.39, 0.29) is 5.41 Å². The van der Waals surface area contributed by atoms with E-state index >= 15 is 0 Å². The van der Waals surface area contributed by atoms with Gasteiger partial charge in [0.2, 0.25) is 10.0 Å².